The summed E-state index contributed by atoms with van der Waals surface area (Å²) < 4.78 is 28.8. The molecule has 0 aliphatic carbocycles. The van der Waals surface area contributed by atoms with Gasteiger partial charge >= 0.3 is 5.97 Å². The Morgan fingerprint density at radius 2 is 1.76 bits per heavy atom. The van der Waals surface area contributed by atoms with Crippen molar-refractivity contribution in [2.24, 2.45) is 5.73 Å². The molecular weight excluding hydrogens is 639 g/mol. The van der Waals surface area contributed by atoms with Crippen LogP contribution in [0.4, 0.5) is 0 Å². The van der Waals surface area contributed by atoms with Crippen LogP contribution in [0.15, 0.2) is 88.7 Å². The van der Waals surface area contributed by atoms with E-state index in [1.54, 1.807) is 73.7 Å². The number of furan rings is 1. The van der Waals surface area contributed by atoms with Gasteiger partial charge in [-0.05, 0) is 61.0 Å². The van der Waals surface area contributed by atoms with Crippen molar-refractivity contribution < 1.29 is 28.2 Å². The molecule has 1 unspecified atom stereocenters. The van der Waals surface area contributed by atoms with Gasteiger partial charge in [0.05, 0.1) is 13.0 Å². The number of benzene rings is 4. The van der Waals surface area contributed by atoms with Crippen LogP contribution >= 0.6 is 34.8 Å². The molecule has 11 heteroatoms. The number of methoxy groups -OCH3 is 1. The number of nitrogens with zero attached hydrogens (tertiary/aromatic N) is 1. The first-order valence-corrected chi connectivity index (χ1v) is 14.7. The van der Waals surface area contributed by atoms with E-state index in [0.29, 0.717) is 60.0 Å². The van der Waals surface area contributed by atoms with Crippen molar-refractivity contribution in [1.29, 1.82) is 5.26 Å². The van der Waals surface area contributed by atoms with Gasteiger partial charge in [0.25, 0.3) is 0 Å². The fourth-order valence-electron chi connectivity index (χ4n) is 5.16. The number of hydrogen-bond donors (Lipinski definition) is 1. The molecule has 1 atom stereocenters. The third kappa shape index (κ3) is 5.86. The lowest BCUT2D eigenvalue weighted by Crippen LogP contribution is -2.21. The predicted octanol–water partition coefficient (Wildman–Crippen LogP) is 8.73. The summed E-state index contributed by atoms with van der Waals surface area (Å²) in [5.74, 6) is 0.142. The number of nitriles is 1. The maximum atomic E-state index is 13.1. The molecule has 2 heterocycles. The van der Waals surface area contributed by atoms with Crippen molar-refractivity contribution in [2.75, 3.05) is 7.11 Å². The number of nitrogens with two attached hydrogens (primary N) is 1. The van der Waals surface area contributed by atoms with Gasteiger partial charge in [0.1, 0.15) is 35.3 Å². The van der Waals surface area contributed by atoms with Crippen molar-refractivity contribution in [3.63, 3.8) is 0 Å². The van der Waals surface area contributed by atoms with Gasteiger partial charge in [-0.25, -0.2) is 4.79 Å². The average molecular weight is 662 g/mol. The number of aryl methyl sites for hydroxylation is 1. The summed E-state index contributed by atoms with van der Waals surface area (Å²) in [6, 6.07) is 22.6. The van der Waals surface area contributed by atoms with E-state index < -0.39 is 11.9 Å². The van der Waals surface area contributed by atoms with Gasteiger partial charge in [-0.15, -0.1) is 0 Å². The molecule has 0 saturated heterocycles. The van der Waals surface area contributed by atoms with Crippen LogP contribution in [0.3, 0.4) is 0 Å². The number of halogens is 3. The van der Waals surface area contributed by atoms with Crippen molar-refractivity contribution in [1.82, 2.24) is 0 Å². The minimum atomic E-state index is -0.687. The summed E-state index contributed by atoms with van der Waals surface area (Å²) in [5, 5.41) is 12.3. The number of ether oxygens (including phenoxy) is 4. The van der Waals surface area contributed by atoms with Crippen molar-refractivity contribution in [3.05, 3.63) is 127 Å². The van der Waals surface area contributed by atoms with Gasteiger partial charge in [-0.1, -0.05) is 53.0 Å². The summed E-state index contributed by atoms with van der Waals surface area (Å²) in [5.41, 5.74) is 9.64. The van der Waals surface area contributed by atoms with Crippen molar-refractivity contribution in [2.45, 2.75) is 19.4 Å². The topological polar surface area (TPSA) is 117 Å². The molecule has 226 valence electrons. The molecule has 0 saturated carbocycles. The van der Waals surface area contributed by atoms with Crippen molar-refractivity contribution >= 4 is 51.7 Å². The second kappa shape index (κ2) is 12.3. The first-order chi connectivity index (χ1) is 21.7. The highest BCUT2D eigenvalue weighted by Crippen LogP contribution is 2.45. The molecule has 1 aliphatic heterocycles. The van der Waals surface area contributed by atoms with E-state index in [1.165, 1.54) is 7.11 Å². The molecule has 0 spiro atoms. The molecule has 0 radical (unpaired) electrons. The Bertz CT molecular complexity index is 2060. The van der Waals surface area contributed by atoms with Crippen LogP contribution in [-0.4, -0.2) is 13.1 Å². The van der Waals surface area contributed by atoms with Crippen LogP contribution in [-0.2, 0) is 6.61 Å². The Labute approximate surface area is 273 Å². The largest absolute Gasteiger partial charge is 0.493 e. The third-order valence-corrected chi connectivity index (χ3v) is 8.23. The van der Waals surface area contributed by atoms with E-state index in [9.17, 15) is 10.1 Å². The summed E-state index contributed by atoms with van der Waals surface area (Å²) >= 11 is 18.4. The fraction of sp³-hybridized carbons (Fsp3) is 0.118. The van der Waals surface area contributed by atoms with Crippen LogP contribution in [0.2, 0.25) is 15.1 Å². The normalized spacial score (nSPS) is 14.0. The molecule has 4 aromatic carbocycles. The second-order valence-electron chi connectivity index (χ2n) is 10.1. The Morgan fingerprint density at radius 3 is 2.51 bits per heavy atom. The van der Waals surface area contributed by atoms with Gasteiger partial charge in [0, 0.05) is 43.2 Å². The SMILES string of the molecule is COc1cc(C2C(C#N)=C(N)Oc3cc(OC(=O)c4oc5ccc(Cl)cc5c4C)ccc32)ccc1OCc1ccc(Cl)cc1Cl. The highest BCUT2D eigenvalue weighted by atomic mass is 35.5. The van der Waals surface area contributed by atoms with E-state index >= 15 is 0 Å². The Hall–Kier alpha value is -4.81. The Morgan fingerprint density at radius 1 is 0.978 bits per heavy atom. The number of allylic oxidation sites excluding steroid dienone is 1. The number of carbonyl (C=O) groups excluding carboxylic acids is 1. The molecule has 45 heavy (non-hydrogen) atoms. The summed E-state index contributed by atoms with van der Waals surface area (Å²) in [7, 11) is 1.52. The predicted molar refractivity (Wildman–Crippen MR) is 170 cm³/mol. The molecule has 0 bridgehead atoms. The first kappa shape index (κ1) is 30.2. The average Bonchev–Trinajstić information content (AvgIpc) is 3.35. The van der Waals surface area contributed by atoms with Gasteiger partial charge in [0.15, 0.2) is 11.5 Å². The van der Waals surface area contributed by atoms with E-state index in [2.05, 4.69) is 6.07 Å². The lowest BCUT2D eigenvalue weighted by molar-refractivity contribution is 0.0702. The Kier molecular flexibility index (Phi) is 8.26. The van der Waals surface area contributed by atoms with Gasteiger partial charge in [-0.2, -0.15) is 5.26 Å². The lowest BCUT2D eigenvalue weighted by Gasteiger charge is -2.27. The highest BCUT2D eigenvalue weighted by molar-refractivity contribution is 6.35. The molecule has 5 aromatic rings. The van der Waals surface area contributed by atoms with Crippen LogP contribution in [0.1, 0.15) is 38.7 Å². The van der Waals surface area contributed by atoms with Crippen molar-refractivity contribution in [3.8, 4) is 29.1 Å². The minimum Gasteiger partial charge on any atom is -0.493 e. The molecular formula is C34H23Cl3N2O6. The molecule has 0 amide bonds. The van der Waals surface area contributed by atoms with E-state index in [0.717, 1.165) is 5.56 Å². The van der Waals surface area contributed by atoms with E-state index in [-0.39, 0.29) is 29.6 Å². The third-order valence-electron chi connectivity index (χ3n) is 7.40. The number of hydrogen-bond acceptors (Lipinski definition) is 8. The second-order valence-corrected chi connectivity index (χ2v) is 11.4. The molecule has 1 aromatic heterocycles. The number of fused-ring (bicyclic) bond motifs is 2. The number of rotatable bonds is 7. The van der Waals surface area contributed by atoms with Crippen LogP contribution in [0, 0.1) is 18.3 Å². The maximum absolute atomic E-state index is 13.1. The zero-order valence-corrected chi connectivity index (χ0v) is 26.1. The number of esters is 1. The molecule has 0 fully saturated rings. The maximum Gasteiger partial charge on any atom is 0.379 e. The summed E-state index contributed by atoms with van der Waals surface area (Å²) in [4.78, 5) is 13.1. The molecule has 6 rings (SSSR count). The van der Waals surface area contributed by atoms with Crippen LogP contribution < -0.4 is 24.7 Å². The molecule has 8 nitrogen and oxygen atoms in total. The van der Waals surface area contributed by atoms with E-state index in [4.69, 9.17) is 63.9 Å². The quantitative estimate of drug-likeness (QED) is 0.136. The first-order valence-electron chi connectivity index (χ1n) is 13.5. The van der Waals surface area contributed by atoms with Gasteiger partial charge in [-0.3, -0.25) is 0 Å². The zero-order chi connectivity index (χ0) is 31.8. The smallest absolute Gasteiger partial charge is 0.379 e. The Balaban J connectivity index is 1.28. The lowest BCUT2D eigenvalue weighted by atomic mass is 9.83. The minimum absolute atomic E-state index is 0.0581. The standard InChI is InChI=1S/C34H23Cl3N2O6/c1-17-24-12-20(35)6-10-27(24)44-32(17)34(40)43-22-7-8-23-29(14-22)45-33(39)25(15-38)31(23)18-4-9-28(30(11-18)41-2)42-16-19-3-5-21(36)13-26(19)37/h3-14,31H,16,39H2,1-2H3. The highest BCUT2D eigenvalue weighted by Gasteiger charge is 2.32. The van der Waals surface area contributed by atoms with Gasteiger partial charge in [0.2, 0.25) is 11.6 Å². The monoisotopic (exact) mass is 660 g/mol. The molecule has 2 N–H and O–H groups in total. The van der Waals surface area contributed by atoms with Crippen LogP contribution in [0.5, 0.6) is 23.0 Å². The molecule has 1 aliphatic rings. The summed E-state index contributed by atoms with van der Waals surface area (Å²) in [6.45, 7) is 1.94. The number of carbonyl (C=O) groups is 1. The summed E-state index contributed by atoms with van der Waals surface area (Å²) in [6.07, 6.45) is 0. The van der Waals surface area contributed by atoms with Gasteiger partial charge < -0.3 is 29.1 Å². The van der Waals surface area contributed by atoms with Crippen LogP contribution in [0.25, 0.3) is 11.0 Å². The van der Waals surface area contributed by atoms with E-state index in [1.807, 2.05) is 6.07 Å². The zero-order valence-electron chi connectivity index (χ0n) is 23.8. The fourth-order valence-corrected chi connectivity index (χ4v) is 5.80.